The quantitative estimate of drug-likeness (QED) is 0.651. The van der Waals surface area contributed by atoms with Gasteiger partial charge in [0, 0.05) is 12.1 Å². The zero-order valence-electron chi connectivity index (χ0n) is 12.7. The summed E-state index contributed by atoms with van der Waals surface area (Å²) < 4.78 is 27.8. The number of hydrogen-bond acceptors (Lipinski definition) is 5. The Morgan fingerprint density at radius 1 is 1.36 bits per heavy atom. The molecule has 0 spiro atoms. The van der Waals surface area contributed by atoms with Gasteiger partial charge in [0.15, 0.2) is 9.84 Å². The number of nitrogens with zero attached hydrogens (tertiary/aromatic N) is 1. The molecular weight excluding hydrogens is 304 g/mol. The molecule has 1 aromatic carbocycles. The number of nitrogens with one attached hydrogen (secondary N) is 1. The number of hydrogen-bond donors (Lipinski definition) is 1. The molecule has 1 atom stereocenters. The highest BCUT2D eigenvalue weighted by atomic mass is 32.2. The second-order valence-electron chi connectivity index (χ2n) is 5.45. The van der Waals surface area contributed by atoms with Gasteiger partial charge in [0.25, 0.3) is 0 Å². The Morgan fingerprint density at radius 2 is 2.05 bits per heavy atom. The van der Waals surface area contributed by atoms with Crippen LogP contribution in [0.3, 0.4) is 0 Å². The van der Waals surface area contributed by atoms with Gasteiger partial charge >= 0.3 is 0 Å². The van der Waals surface area contributed by atoms with Crippen LogP contribution in [0, 0.1) is 5.92 Å². The lowest BCUT2D eigenvalue weighted by atomic mass is 10.1. The third kappa shape index (κ3) is 4.56. The van der Waals surface area contributed by atoms with E-state index in [9.17, 15) is 13.2 Å². The monoisotopic (exact) mass is 324 g/mol. The molecule has 1 saturated heterocycles. The molecule has 0 saturated carbocycles. The number of benzene rings is 1. The van der Waals surface area contributed by atoms with Crippen LogP contribution >= 0.6 is 0 Å². The number of amides is 1. The second-order valence-corrected chi connectivity index (χ2v) is 7.68. The summed E-state index contributed by atoms with van der Waals surface area (Å²) in [5, 5.41) is 4.05. The van der Waals surface area contributed by atoms with E-state index in [0.717, 1.165) is 17.0 Å². The zero-order valence-corrected chi connectivity index (χ0v) is 13.5. The van der Waals surface area contributed by atoms with Gasteiger partial charge < -0.3 is 4.74 Å². The Morgan fingerprint density at radius 3 is 2.59 bits per heavy atom. The van der Waals surface area contributed by atoms with E-state index in [1.54, 1.807) is 7.11 Å². The van der Waals surface area contributed by atoms with Crippen molar-refractivity contribution in [2.75, 3.05) is 18.6 Å². The number of hydrazone groups is 1. The van der Waals surface area contributed by atoms with Crippen LogP contribution in [0.25, 0.3) is 0 Å². The van der Waals surface area contributed by atoms with Gasteiger partial charge in [0.1, 0.15) is 5.75 Å². The van der Waals surface area contributed by atoms with Crippen LogP contribution in [0.1, 0.15) is 18.9 Å². The summed E-state index contributed by atoms with van der Waals surface area (Å²) in [6, 6.07) is 7.60. The molecular formula is C15H20N2O4S. The van der Waals surface area contributed by atoms with Crippen molar-refractivity contribution in [3.63, 3.8) is 0 Å². The van der Waals surface area contributed by atoms with Gasteiger partial charge in [0.05, 0.1) is 24.5 Å². The molecule has 1 N–H and O–H groups in total. The van der Waals surface area contributed by atoms with Crippen LogP contribution < -0.4 is 10.2 Å². The molecule has 1 amide bonds. The largest absolute Gasteiger partial charge is 0.497 e. The fourth-order valence-electron chi connectivity index (χ4n) is 2.32. The fourth-order valence-corrected chi connectivity index (χ4v) is 4.06. The Bertz CT molecular complexity index is 665. The third-order valence-corrected chi connectivity index (χ3v) is 5.35. The van der Waals surface area contributed by atoms with Crippen molar-refractivity contribution in [2.45, 2.75) is 19.8 Å². The molecule has 120 valence electrons. The molecule has 6 nitrogen and oxygen atoms in total. The average molecular weight is 324 g/mol. The number of ether oxygens (including phenoxy) is 1. The fraction of sp³-hybridized carbons (Fsp3) is 0.467. The minimum absolute atomic E-state index is 0.0775. The van der Waals surface area contributed by atoms with Crippen molar-refractivity contribution in [1.29, 1.82) is 0 Å². The normalized spacial score (nSPS) is 20.6. The van der Waals surface area contributed by atoms with E-state index in [2.05, 4.69) is 10.5 Å². The maximum atomic E-state index is 11.9. The summed E-state index contributed by atoms with van der Waals surface area (Å²) in [5.41, 5.74) is 4.27. The maximum absolute atomic E-state index is 11.9. The molecule has 0 bridgehead atoms. The highest BCUT2D eigenvalue weighted by Gasteiger charge is 2.32. The Balaban J connectivity index is 1.88. The summed E-state index contributed by atoms with van der Waals surface area (Å²) in [6.45, 7) is 1.82. The smallest absolute Gasteiger partial charge is 0.244 e. The Hall–Kier alpha value is -1.89. The number of rotatable bonds is 5. The predicted molar refractivity (Wildman–Crippen MR) is 84.7 cm³/mol. The van der Waals surface area contributed by atoms with E-state index in [0.29, 0.717) is 12.8 Å². The van der Waals surface area contributed by atoms with Crippen molar-refractivity contribution >= 4 is 21.5 Å². The molecule has 1 fully saturated rings. The average Bonchev–Trinajstić information content (AvgIpc) is 2.86. The van der Waals surface area contributed by atoms with Gasteiger partial charge in [-0.1, -0.05) is 12.1 Å². The van der Waals surface area contributed by atoms with Crippen LogP contribution in [0.15, 0.2) is 29.4 Å². The van der Waals surface area contributed by atoms with Crippen LogP contribution in [0.5, 0.6) is 5.75 Å². The molecule has 1 heterocycles. The molecule has 0 aromatic heterocycles. The van der Waals surface area contributed by atoms with Gasteiger partial charge in [-0.3, -0.25) is 4.79 Å². The first kappa shape index (κ1) is 16.5. The lowest BCUT2D eigenvalue weighted by Gasteiger charge is -2.07. The van der Waals surface area contributed by atoms with Crippen molar-refractivity contribution in [1.82, 2.24) is 5.43 Å². The molecule has 0 unspecified atom stereocenters. The van der Waals surface area contributed by atoms with Crippen LogP contribution in [-0.4, -0.2) is 38.7 Å². The summed E-state index contributed by atoms with van der Waals surface area (Å²) in [7, 11) is -1.44. The highest BCUT2D eigenvalue weighted by molar-refractivity contribution is 7.91. The SMILES string of the molecule is COc1ccc(C/C(C)=N\NC(=O)[C@@H]2CCS(=O)(=O)C2)cc1. The summed E-state index contributed by atoms with van der Waals surface area (Å²) >= 11 is 0. The first-order valence-corrected chi connectivity index (χ1v) is 8.88. The number of methoxy groups -OCH3 is 1. The number of carbonyl (C=O) groups is 1. The standard InChI is InChI=1S/C15H20N2O4S/c1-11(9-12-3-5-14(21-2)6-4-12)16-17-15(18)13-7-8-22(19,20)10-13/h3-6,13H,7-10H2,1-2H3,(H,17,18)/b16-11-/t13-/m1/s1. The van der Waals surface area contributed by atoms with Crippen LogP contribution in [0.4, 0.5) is 0 Å². The van der Waals surface area contributed by atoms with Crippen molar-refractivity contribution < 1.29 is 17.9 Å². The lowest BCUT2D eigenvalue weighted by molar-refractivity contribution is -0.124. The summed E-state index contributed by atoms with van der Waals surface area (Å²) in [4.78, 5) is 11.9. The van der Waals surface area contributed by atoms with Gasteiger partial charge in [-0.15, -0.1) is 0 Å². The molecule has 0 radical (unpaired) electrons. The Kier molecular flexibility index (Phi) is 5.18. The zero-order chi connectivity index (χ0) is 16.2. The van der Waals surface area contributed by atoms with Gasteiger partial charge in [-0.05, 0) is 31.0 Å². The van der Waals surface area contributed by atoms with E-state index in [-0.39, 0.29) is 17.4 Å². The molecule has 2 rings (SSSR count). The van der Waals surface area contributed by atoms with Crippen molar-refractivity contribution in [3.8, 4) is 5.75 Å². The number of carbonyl (C=O) groups excluding carboxylic acids is 1. The van der Waals surface area contributed by atoms with Gasteiger partial charge in [-0.2, -0.15) is 5.10 Å². The van der Waals surface area contributed by atoms with E-state index >= 15 is 0 Å². The Labute approximate surface area is 130 Å². The van der Waals surface area contributed by atoms with Crippen LogP contribution in [0.2, 0.25) is 0 Å². The van der Waals surface area contributed by atoms with Crippen LogP contribution in [-0.2, 0) is 21.1 Å². The predicted octanol–water partition coefficient (Wildman–Crippen LogP) is 1.16. The first-order valence-electron chi connectivity index (χ1n) is 7.06. The van der Waals surface area contributed by atoms with E-state index in [1.807, 2.05) is 31.2 Å². The highest BCUT2D eigenvalue weighted by Crippen LogP contribution is 2.18. The topological polar surface area (TPSA) is 84.8 Å². The first-order chi connectivity index (χ1) is 10.4. The van der Waals surface area contributed by atoms with E-state index in [1.165, 1.54) is 0 Å². The molecule has 1 aliphatic rings. The summed E-state index contributed by atoms with van der Waals surface area (Å²) in [6.07, 6.45) is 0.981. The molecule has 0 aliphatic carbocycles. The second kappa shape index (κ2) is 6.91. The van der Waals surface area contributed by atoms with Gasteiger partial charge in [0.2, 0.25) is 5.91 Å². The minimum atomic E-state index is -3.06. The minimum Gasteiger partial charge on any atom is -0.497 e. The van der Waals surface area contributed by atoms with E-state index in [4.69, 9.17) is 4.74 Å². The molecule has 22 heavy (non-hydrogen) atoms. The third-order valence-electron chi connectivity index (χ3n) is 3.58. The molecule has 1 aliphatic heterocycles. The molecule has 1 aromatic rings. The van der Waals surface area contributed by atoms with Crippen molar-refractivity contribution in [3.05, 3.63) is 29.8 Å². The maximum Gasteiger partial charge on any atom is 0.244 e. The summed E-state index contributed by atoms with van der Waals surface area (Å²) in [5.74, 6) is -0.0160. The van der Waals surface area contributed by atoms with Gasteiger partial charge in [-0.25, -0.2) is 13.8 Å². The van der Waals surface area contributed by atoms with E-state index < -0.39 is 15.8 Å². The number of sulfone groups is 1. The van der Waals surface area contributed by atoms with Crippen molar-refractivity contribution in [2.24, 2.45) is 11.0 Å². The molecule has 7 heteroatoms. The lowest BCUT2D eigenvalue weighted by Crippen LogP contribution is -2.28.